The highest BCUT2D eigenvalue weighted by atomic mass is 35.5. The Kier molecular flexibility index (Phi) is 8.18. The highest BCUT2D eigenvalue weighted by Crippen LogP contribution is 2.45. The molecule has 0 bridgehead atoms. The van der Waals surface area contributed by atoms with Crippen LogP contribution in [0.25, 0.3) is 0 Å². The molecule has 1 saturated heterocycles. The van der Waals surface area contributed by atoms with Crippen molar-refractivity contribution in [1.29, 1.82) is 0 Å². The summed E-state index contributed by atoms with van der Waals surface area (Å²) in [6.07, 6.45) is 6.31. The van der Waals surface area contributed by atoms with Gasteiger partial charge >= 0.3 is 0 Å². The Bertz CT molecular complexity index is 1040. The standard InChI is InChI=1S/C30H35NO2.ClH/c1-22(31-20-5-6-21-31)33-27-18-14-25(15-19-27)30(24-12-16-26(32-2)17-13-24)29-11-7-9-23-8-3-4-10-28(23)29;/h3-4,8,10,12-19,22,29-30H,5-7,9,11,20-21H2,1-2H3;1H. The summed E-state index contributed by atoms with van der Waals surface area (Å²) in [6, 6.07) is 26.5. The molecular weight excluding hydrogens is 442 g/mol. The maximum atomic E-state index is 6.28. The number of halogens is 1. The zero-order chi connectivity index (χ0) is 22.6. The van der Waals surface area contributed by atoms with E-state index in [0.717, 1.165) is 24.6 Å². The second-order valence-corrected chi connectivity index (χ2v) is 9.48. The summed E-state index contributed by atoms with van der Waals surface area (Å²) in [6.45, 7) is 4.44. The van der Waals surface area contributed by atoms with E-state index < -0.39 is 0 Å². The third-order valence-corrected chi connectivity index (χ3v) is 7.49. The van der Waals surface area contributed by atoms with Crippen LogP contribution in [0, 0.1) is 0 Å². The van der Waals surface area contributed by atoms with Crippen molar-refractivity contribution in [2.75, 3.05) is 20.2 Å². The zero-order valence-corrected chi connectivity index (χ0v) is 21.1. The van der Waals surface area contributed by atoms with Crippen molar-refractivity contribution in [3.05, 3.63) is 95.1 Å². The van der Waals surface area contributed by atoms with Gasteiger partial charge in [0.2, 0.25) is 0 Å². The summed E-state index contributed by atoms with van der Waals surface area (Å²) in [5.74, 6) is 2.64. The van der Waals surface area contributed by atoms with Gasteiger partial charge in [0.1, 0.15) is 17.7 Å². The average molecular weight is 478 g/mol. The molecule has 0 aromatic heterocycles. The summed E-state index contributed by atoms with van der Waals surface area (Å²) < 4.78 is 11.7. The van der Waals surface area contributed by atoms with Gasteiger partial charge in [0, 0.05) is 19.0 Å². The summed E-state index contributed by atoms with van der Waals surface area (Å²) in [5.41, 5.74) is 5.71. The Hall–Kier alpha value is -2.49. The fraction of sp³-hybridized carbons (Fsp3) is 0.400. The number of hydrogen-bond acceptors (Lipinski definition) is 3. The minimum Gasteiger partial charge on any atom is -0.497 e. The van der Waals surface area contributed by atoms with Gasteiger partial charge in [-0.05, 0) is 91.5 Å². The van der Waals surface area contributed by atoms with E-state index in [0.29, 0.717) is 11.8 Å². The number of nitrogens with zero attached hydrogens (tertiary/aromatic N) is 1. The molecule has 3 nitrogen and oxygen atoms in total. The quantitative estimate of drug-likeness (QED) is 0.359. The van der Waals surface area contributed by atoms with Crippen molar-refractivity contribution in [1.82, 2.24) is 4.90 Å². The second-order valence-electron chi connectivity index (χ2n) is 9.48. The maximum absolute atomic E-state index is 6.28. The van der Waals surface area contributed by atoms with Gasteiger partial charge in [-0.25, -0.2) is 0 Å². The highest BCUT2D eigenvalue weighted by Gasteiger charge is 2.30. The maximum Gasteiger partial charge on any atom is 0.149 e. The lowest BCUT2D eigenvalue weighted by Gasteiger charge is -2.33. The average Bonchev–Trinajstić information content (AvgIpc) is 3.41. The van der Waals surface area contributed by atoms with Crippen LogP contribution in [-0.2, 0) is 6.42 Å². The van der Waals surface area contributed by atoms with E-state index in [4.69, 9.17) is 9.47 Å². The second kappa shape index (κ2) is 11.3. The third kappa shape index (κ3) is 5.26. The normalized spacial score (nSPS) is 19.5. The molecule has 0 spiro atoms. The predicted molar refractivity (Wildman–Crippen MR) is 142 cm³/mol. The third-order valence-electron chi connectivity index (χ3n) is 7.49. The highest BCUT2D eigenvalue weighted by molar-refractivity contribution is 5.85. The van der Waals surface area contributed by atoms with Crippen molar-refractivity contribution in [2.24, 2.45) is 0 Å². The van der Waals surface area contributed by atoms with Crippen LogP contribution < -0.4 is 9.47 Å². The molecule has 1 fully saturated rings. The van der Waals surface area contributed by atoms with Crippen LogP contribution in [0.5, 0.6) is 11.5 Å². The number of aryl methyl sites for hydroxylation is 1. The Morgan fingerprint density at radius 1 is 0.794 bits per heavy atom. The molecule has 5 rings (SSSR count). The van der Waals surface area contributed by atoms with Crippen molar-refractivity contribution in [3.63, 3.8) is 0 Å². The number of methoxy groups -OCH3 is 1. The molecule has 0 N–H and O–H groups in total. The molecule has 0 radical (unpaired) electrons. The smallest absolute Gasteiger partial charge is 0.149 e. The minimum absolute atomic E-state index is 0. The Balaban J connectivity index is 0.00000274. The Morgan fingerprint density at radius 2 is 1.41 bits per heavy atom. The van der Waals surface area contributed by atoms with Crippen LogP contribution in [0.15, 0.2) is 72.8 Å². The lowest BCUT2D eigenvalue weighted by Crippen LogP contribution is -2.34. The van der Waals surface area contributed by atoms with Crippen LogP contribution in [-0.4, -0.2) is 31.3 Å². The molecule has 1 aliphatic carbocycles. The topological polar surface area (TPSA) is 21.7 Å². The van der Waals surface area contributed by atoms with Gasteiger partial charge in [0.05, 0.1) is 7.11 Å². The molecule has 3 aromatic rings. The first-order chi connectivity index (χ1) is 16.2. The molecule has 34 heavy (non-hydrogen) atoms. The number of hydrogen-bond donors (Lipinski definition) is 0. The number of rotatable bonds is 7. The summed E-state index contributed by atoms with van der Waals surface area (Å²) >= 11 is 0. The van der Waals surface area contributed by atoms with E-state index in [9.17, 15) is 0 Å². The number of benzene rings is 3. The molecule has 2 aliphatic rings. The van der Waals surface area contributed by atoms with Gasteiger partial charge in [0.25, 0.3) is 0 Å². The van der Waals surface area contributed by atoms with Crippen LogP contribution >= 0.6 is 12.4 Å². The molecule has 3 atom stereocenters. The van der Waals surface area contributed by atoms with Gasteiger partial charge < -0.3 is 9.47 Å². The van der Waals surface area contributed by atoms with Crippen molar-refractivity contribution < 1.29 is 9.47 Å². The van der Waals surface area contributed by atoms with Gasteiger partial charge in [-0.2, -0.15) is 0 Å². The first kappa shape index (κ1) is 24.6. The van der Waals surface area contributed by atoms with Crippen LogP contribution in [0.3, 0.4) is 0 Å². The SMILES string of the molecule is COc1ccc(C(c2ccc(OC(C)N3CCCC3)cc2)C2CCCc3ccccc32)cc1.Cl. The van der Waals surface area contributed by atoms with E-state index >= 15 is 0 Å². The molecule has 4 heteroatoms. The number of fused-ring (bicyclic) bond motifs is 1. The van der Waals surface area contributed by atoms with E-state index in [2.05, 4.69) is 84.6 Å². The minimum atomic E-state index is 0. The van der Waals surface area contributed by atoms with Crippen LogP contribution in [0.4, 0.5) is 0 Å². The van der Waals surface area contributed by atoms with Crippen molar-refractivity contribution in [2.45, 2.75) is 57.1 Å². The summed E-state index contributed by atoms with van der Waals surface area (Å²) in [5, 5.41) is 0. The Morgan fingerprint density at radius 3 is 2.06 bits per heavy atom. The summed E-state index contributed by atoms with van der Waals surface area (Å²) in [4.78, 5) is 2.42. The molecule has 0 saturated carbocycles. The molecule has 180 valence electrons. The lowest BCUT2D eigenvalue weighted by molar-refractivity contribution is 0.0592. The molecule has 1 aliphatic heterocycles. The molecule has 3 unspecified atom stereocenters. The first-order valence-corrected chi connectivity index (χ1v) is 12.5. The van der Waals surface area contributed by atoms with E-state index in [1.165, 1.54) is 54.4 Å². The number of ether oxygens (including phenoxy) is 2. The van der Waals surface area contributed by atoms with E-state index in [1.807, 2.05) is 0 Å². The van der Waals surface area contributed by atoms with E-state index in [-0.39, 0.29) is 18.6 Å². The molecular formula is C30H36ClNO2. The fourth-order valence-electron chi connectivity index (χ4n) is 5.74. The van der Waals surface area contributed by atoms with Crippen molar-refractivity contribution >= 4 is 12.4 Å². The first-order valence-electron chi connectivity index (χ1n) is 12.5. The monoisotopic (exact) mass is 477 g/mol. The number of likely N-dealkylation sites (tertiary alicyclic amines) is 1. The molecule has 0 amide bonds. The van der Waals surface area contributed by atoms with E-state index in [1.54, 1.807) is 7.11 Å². The van der Waals surface area contributed by atoms with Gasteiger partial charge in [-0.15, -0.1) is 12.4 Å². The molecule has 3 aromatic carbocycles. The fourth-order valence-corrected chi connectivity index (χ4v) is 5.74. The van der Waals surface area contributed by atoms with Crippen LogP contribution in [0.2, 0.25) is 0 Å². The molecule has 1 heterocycles. The summed E-state index contributed by atoms with van der Waals surface area (Å²) in [7, 11) is 1.73. The van der Waals surface area contributed by atoms with Gasteiger partial charge in [-0.1, -0.05) is 48.5 Å². The van der Waals surface area contributed by atoms with Crippen LogP contribution in [0.1, 0.15) is 66.7 Å². The van der Waals surface area contributed by atoms with Crippen molar-refractivity contribution in [3.8, 4) is 11.5 Å². The lowest BCUT2D eigenvalue weighted by atomic mass is 9.71. The Labute approximate surface area is 210 Å². The van der Waals surface area contributed by atoms with Gasteiger partial charge in [-0.3, -0.25) is 4.90 Å². The predicted octanol–water partition coefficient (Wildman–Crippen LogP) is 7.19. The van der Waals surface area contributed by atoms with Gasteiger partial charge in [0.15, 0.2) is 0 Å². The largest absolute Gasteiger partial charge is 0.497 e. The zero-order valence-electron chi connectivity index (χ0n) is 20.3.